The molecule has 1 fully saturated rings. The van der Waals surface area contributed by atoms with E-state index in [9.17, 15) is 4.79 Å². The number of piperidine rings is 1. The van der Waals surface area contributed by atoms with Crippen LogP contribution in [0.5, 0.6) is 0 Å². The van der Waals surface area contributed by atoms with Gasteiger partial charge in [-0.1, -0.05) is 18.2 Å². The van der Waals surface area contributed by atoms with Gasteiger partial charge >= 0.3 is 0 Å². The van der Waals surface area contributed by atoms with Crippen LogP contribution < -0.4 is 0 Å². The largest absolute Gasteiger partial charge is 0.396 e. The van der Waals surface area contributed by atoms with E-state index in [4.69, 9.17) is 9.84 Å². The number of benzene rings is 1. The summed E-state index contributed by atoms with van der Waals surface area (Å²) in [5.41, 5.74) is 3.28. The van der Waals surface area contributed by atoms with E-state index in [-0.39, 0.29) is 18.6 Å². The van der Waals surface area contributed by atoms with Gasteiger partial charge in [0.2, 0.25) is 5.91 Å². The normalized spacial score (nSPS) is 16.0. The highest BCUT2D eigenvalue weighted by atomic mass is 16.5. The molecule has 2 N–H and O–H groups in total. The van der Waals surface area contributed by atoms with Crippen molar-refractivity contribution in [1.29, 1.82) is 0 Å². The van der Waals surface area contributed by atoms with Crippen LogP contribution in [0.1, 0.15) is 30.5 Å². The quantitative estimate of drug-likeness (QED) is 0.800. The highest BCUT2D eigenvalue weighted by Gasteiger charge is 2.24. The number of ether oxygens (including phenoxy) is 1. The Morgan fingerprint density at radius 1 is 1.33 bits per heavy atom. The van der Waals surface area contributed by atoms with Gasteiger partial charge in [-0.2, -0.15) is 0 Å². The second-order valence-electron chi connectivity index (χ2n) is 6.48. The van der Waals surface area contributed by atoms with Gasteiger partial charge < -0.3 is 19.7 Å². The van der Waals surface area contributed by atoms with Crippen LogP contribution in [-0.2, 0) is 16.0 Å². The summed E-state index contributed by atoms with van der Waals surface area (Å²) in [7, 11) is 0. The third-order valence-electron chi connectivity index (χ3n) is 4.81. The molecule has 0 saturated carbocycles. The minimum absolute atomic E-state index is 0.168. The second-order valence-corrected chi connectivity index (χ2v) is 6.48. The molecule has 0 aliphatic carbocycles. The number of carbonyl (C=O) groups is 1. The number of hydrogen-bond donors (Lipinski definition) is 2. The van der Waals surface area contributed by atoms with Crippen LogP contribution in [0.2, 0.25) is 0 Å². The highest BCUT2D eigenvalue weighted by molar-refractivity contribution is 5.90. The highest BCUT2D eigenvalue weighted by Crippen LogP contribution is 2.23. The molecule has 1 aromatic carbocycles. The van der Waals surface area contributed by atoms with Gasteiger partial charge in [0.1, 0.15) is 0 Å². The summed E-state index contributed by atoms with van der Waals surface area (Å²) >= 11 is 0. The lowest BCUT2D eigenvalue weighted by Crippen LogP contribution is -2.41. The van der Waals surface area contributed by atoms with E-state index in [1.807, 2.05) is 30.0 Å². The molecule has 130 valence electrons. The topological polar surface area (TPSA) is 65.6 Å². The number of likely N-dealkylation sites (tertiary alicyclic amines) is 1. The number of aliphatic hydroxyl groups excluding tert-OH is 1. The fourth-order valence-corrected chi connectivity index (χ4v) is 3.41. The number of carbonyl (C=O) groups excluding carboxylic acids is 1. The summed E-state index contributed by atoms with van der Waals surface area (Å²) in [4.78, 5) is 18.0. The summed E-state index contributed by atoms with van der Waals surface area (Å²) in [6.45, 7) is 4.31. The number of para-hydroxylation sites is 1. The van der Waals surface area contributed by atoms with Crippen LogP contribution in [0.3, 0.4) is 0 Å². The van der Waals surface area contributed by atoms with Gasteiger partial charge in [-0.25, -0.2) is 0 Å². The van der Waals surface area contributed by atoms with Crippen molar-refractivity contribution in [2.24, 2.45) is 0 Å². The van der Waals surface area contributed by atoms with Crippen molar-refractivity contribution in [2.45, 2.75) is 38.7 Å². The van der Waals surface area contributed by atoms with E-state index in [1.54, 1.807) is 0 Å². The molecule has 5 nitrogen and oxygen atoms in total. The number of rotatable bonds is 6. The molecule has 1 aromatic heterocycles. The Morgan fingerprint density at radius 3 is 2.83 bits per heavy atom. The zero-order valence-electron chi connectivity index (χ0n) is 14.3. The number of aromatic amines is 1. The Kier molecular flexibility index (Phi) is 5.53. The lowest BCUT2D eigenvalue weighted by atomic mass is 10.0. The monoisotopic (exact) mass is 330 g/mol. The molecular formula is C19H26N2O3. The van der Waals surface area contributed by atoms with Crippen LogP contribution in [0, 0.1) is 6.92 Å². The first-order valence-electron chi connectivity index (χ1n) is 8.75. The number of aromatic nitrogens is 1. The fourth-order valence-electron chi connectivity index (χ4n) is 3.41. The molecule has 1 saturated heterocycles. The molecule has 2 aromatic rings. The molecule has 0 bridgehead atoms. The minimum atomic E-state index is 0.168. The van der Waals surface area contributed by atoms with Crippen molar-refractivity contribution >= 4 is 16.8 Å². The number of hydrogen-bond acceptors (Lipinski definition) is 3. The predicted octanol–water partition coefficient (Wildman–Crippen LogP) is 2.41. The molecular weight excluding hydrogens is 304 g/mol. The van der Waals surface area contributed by atoms with Gasteiger partial charge in [0, 0.05) is 42.9 Å². The van der Waals surface area contributed by atoms with Gasteiger partial charge in [0.25, 0.3) is 0 Å². The average Bonchev–Trinajstić information content (AvgIpc) is 2.91. The van der Waals surface area contributed by atoms with E-state index in [0.717, 1.165) is 48.1 Å². The number of amides is 1. The number of fused-ring (bicyclic) bond motifs is 1. The van der Waals surface area contributed by atoms with Crippen molar-refractivity contribution in [3.05, 3.63) is 35.5 Å². The molecule has 1 aliphatic heterocycles. The number of nitrogens with zero attached hydrogens (tertiary/aromatic N) is 1. The molecule has 1 amide bonds. The predicted molar refractivity (Wildman–Crippen MR) is 94.0 cm³/mol. The zero-order chi connectivity index (χ0) is 16.9. The molecule has 1 aliphatic rings. The molecule has 24 heavy (non-hydrogen) atoms. The van der Waals surface area contributed by atoms with Gasteiger partial charge in [0.15, 0.2) is 0 Å². The average molecular weight is 330 g/mol. The standard InChI is InChI=1S/C19H26N2O3/c1-14-17(16-5-2-3-6-18(16)20-14)13-19(23)21-9-7-15(8-10-21)24-12-4-11-22/h2-3,5-6,15,20,22H,4,7-13H2,1H3. The van der Waals surface area contributed by atoms with Crippen LogP contribution in [0.15, 0.2) is 24.3 Å². The van der Waals surface area contributed by atoms with E-state index >= 15 is 0 Å². The zero-order valence-corrected chi connectivity index (χ0v) is 14.3. The Balaban J connectivity index is 1.57. The van der Waals surface area contributed by atoms with Crippen molar-refractivity contribution in [1.82, 2.24) is 9.88 Å². The Labute approximate surface area is 142 Å². The SMILES string of the molecule is Cc1[nH]c2ccccc2c1CC(=O)N1CCC(OCCCO)CC1. The maximum absolute atomic E-state index is 12.7. The van der Waals surface area contributed by atoms with Crippen LogP contribution >= 0.6 is 0 Å². The second kappa shape index (κ2) is 7.81. The first kappa shape index (κ1) is 17.0. The fraction of sp³-hybridized carbons (Fsp3) is 0.526. The van der Waals surface area contributed by atoms with Gasteiger partial charge in [-0.15, -0.1) is 0 Å². The van der Waals surface area contributed by atoms with Crippen molar-refractivity contribution in [3.63, 3.8) is 0 Å². The summed E-state index contributed by atoms with van der Waals surface area (Å²) in [5, 5.41) is 9.94. The summed E-state index contributed by atoms with van der Waals surface area (Å²) in [6.07, 6.45) is 3.11. The summed E-state index contributed by atoms with van der Waals surface area (Å²) in [5.74, 6) is 0.191. The molecule has 0 spiro atoms. The molecule has 0 radical (unpaired) electrons. The van der Waals surface area contributed by atoms with Crippen molar-refractivity contribution < 1.29 is 14.6 Å². The van der Waals surface area contributed by atoms with E-state index < -0.39 is 0 Å². The summed E-state index contributed by atoms with van der Waals surface area (Å²) < 4.78 is 5.73. The molecule has 2 heterocycles. The first-order valence-corrected chi connectivity index (χ1v) is 8.75. The molecule has 0 unspecified atom stereocenters. The van der Waals surface area contributed by atoms with Gasteiger partial charge in [-0.05, 0) is 37.8 Å². The van der Waals surface area contributed by atoms with Gasteiger partial charge in [0.05, 0.1) is 12.5 Å². The van der Waals surface area contributed by atoms with Crippen molar-refractivity contribution in [3.8, 4) is 0 Å². The van der Waals surface area contributed by atoms with Crippen LogP contribution in [-0.4, -0.2) is 53.3 Å². The van der Waals surface area contributed by atoms with E-state index in [0.29, 0.717) is 19.4 Å². The Bertz CT molecular complexity index is 687. The van der Waals surface area contributed by atoms with Crippen LogP contribution in [0.25, 0.3) is 10.9 Å². The maximum atomic E-state index is 12.7. The van der Waals surface area contributed by atoms with Gasteiger partial charge in [-0.3, -0.25) is 4.79 Å². The lowest BCUT2D eigenvalue weighted by Gasteiger charge is -2.32. The van der Waals surface area contributed by atoms with Crippen molar-refractivity contribution in [2.75, 3.05) is 26.3 Å². The Hall–Kier alpha value is -1.85. The summed E-state index contributed by atoms with van der Waals surface area (Å²) in [6, 6.07) is 8.14. The molecule has 5 heteroatoms. The van der Waals surface area contributed by atoms with E-state index in [2.05, 4.69) is 11.1 Å². The lowest BCUT2D eigenvalue weighted by molar-refractivity contribution is -0.133. The third-order valence-corrected chi connectivity index (χ3v) is 4.81. The number of aliphatic hydroxyl groups is 1. The van der Waals surface area contributed by atoms with Crippen LogP contribution in [0.4, 0.5) is 0 Å². The minimum Gasteiger partial charge on any atom is -0.396 e. The molecule has 0 atom stereocenters. The number of aryl methyl sites for hydroxylation is 1. The smallest absolute Gasteiger partial charge is 0.227 e. The molecule has 3 rings (SSSR count). The first-order chi connectivity index (χ1) is 11.7. The third kappa shape index (κ3) is 3.79. The Morgan fingerprint density at radius 2 is 2.08 bits per heavy atom. The maximum Gasteiger partial charge on any atom is 0.227 e. The van der Waals surface area contributed by atoms with E-state index in [1.165, 1.54) is 0 Å². The number of nitrogens with one attached hydrogen (secondary N) is 1. The number of H-pyrrole nitrogens is 1.